The Hall–Kier alpha value is -0.0400. The largest absolute Gasteiger partial charge is 0.316 e. The van der Waals surface area contributed by atoms with Crippen LogP contribution in [0.5, 0.6) is 0 Å². The van der Waals surface area contributed by atoms with E-state index in [2.05, 4.69) is 19.2 Å². The van der Waals surface area contributed by atoms with E-state index in [0.717, 1.165) is 17.3 Å². The smallest absolute Gasteiger partial charge is 0.00150 e. The predicted molar refractivity (Wildman–Crippen MR) is 52.1 cm³/mol. The topological polar surface area (TPSA) is 12.0 Å². The molecule has 3 atom stereocenters. The van der Waals surface area contributed by atoms with Crippen LogP contribution in [-0.4, -0.2) is 13.1 Å². The van der Waals surface area contributed by atoms with Gasteiger partial charge >= 0.3 is 0 Å². The van der Waals surface area contributed by atoms with E-state index in [9.17, 15) is 0 Å². The van der Waals surface area contributed by atoms with Crippen LogP contribution >= 0.6 is 0 Å². The Morgan fingerprint density at radius 1 is 1.42 bits per heavy atom. The number of hydrogen-bond acceptors (Lipinski definition) is 1. The average Bonchev–Trinajstić information content (AvgIpc) is 2.50. The zero-order valence-electron chi connectivity index (χ0n) is 8.40. The maximum atomic E-state index is 3.57. The van der Waals surface area contributed by atoms with E-state index in [-0.39, 0.29) is 0 Å². The minimum Gasteiger partial charge on any atom is -0.316 e. The van der Waals surface area contributed by atoms with Crippen LogP contribution in [0, 0.1) is 17.3 Å². The van der Waals surface area contributed by atoms with Gasteiger partial charge < -0.3 is 5.32 Å². The Labute approximate surface area is 75.9 Å². The summed E-state index contributed by atoms with van der Waals surface area (Å²) in [7, 11) is 0. The summed E-state index contributed by atoms with van der Waals surface area (Å²) in [4.78, 5) is 0. The monoisotopic (exact) mass is 167 g/mol. The number of hydrogen-bond donors (Lipinski definition) is 1. The first kappa shape index (κ1) is 8.55. The zero-order chi connectivity index (χ0) is 8.60. The maximum absolute atomic E-state index is 3.57. The molecule has 0 aromatic rings. The van der Waals surface area contributed by atoms with Gasteiger partial charge in [0, 0.05) is 0 Å². The van der Waals surface area contributed by atoms with Crippen molar-refractivity contribution in [2.75, 3.05) is 13.1 Å². The molecule has 0 spiro atoms. The highest BCUT2D eigenvalue weighted by molar-refractivity contribution is 4.98. The first-order chi connectivity index (χ1) is 5.79. The maximum Gasteiger partial charge on any atom is -0.00150 e. The summed E-state index contributed by atoms with van der Waals surface area (Å²) >= 11 is 0. The number of piperidine rings is 1. The van der Waals surface area contributed by atoms with Crippen molar-refractivity contribution in [1.82, 2.24) is 5.32 Å². The van der Waals surface area contributed by atoms with Crippen LogP contribution in [0.1, 0.15) is 39.5 Å². The lowest BCUT2D eigenvalue weighted by molar-refractivity contribution is 0.0695. The van der Waals surface area contributed by atoms with Gasteiger partial charge in [-0.25, -0.2) is 0 Å². The first-order valence-corrected chi connectivity index (χ1v) is 5.50. The van der Waals surface area contributed by atoms with E-state index in [1.165, 1.54) is 38.8 Å². The van der Waals surface area contributed by atoms with Crippen molar-refractivity contribution in [2.45, 2.75) is 39.5 Å². The molecular formula is C11H21N. The van der Waals surface area contributed by atoms with Crippen molar-refractivity contribution in [1.29, 1.82) is 0 Å². The molecule has 70 valence electrons. The standard InChI is InChI=1S/C11H21N/c1-3-11-6-4-5-10(11)8-12-7-9(11)2/h9-10,12H,3-8H2,1-2H3. The summed E-state index contributed by atoms with van der Waals surface area (Å²) in [5.41, 5.74) is 0.727. The summed E-state index contributed by atoms with van der Waals surface area (Å²) in [5.74, 6) is 1.90. The lowest BCUT2D eigenvalue weighted by Gasteiger charge is -2.44. The zero-order valence-corrected chi connectivity index (χ0v) is 8.40. The second kappa shape index (κ2) is 3.02. The summed E-state index contributed by atoms with van der Waals surface area (Å²) in [6.45, 7) is 7.37. The Bertz CT molecular complexity index is 166. The Morgan fingerprint density at radius 3 is 2.92 bits per heavy atom. The third kappa shape index (κ3) is 1.02. The molecule has 1 nitrogen and oxygen atoms in total. The Morgan fingerprint density at radius 2 is 2.25 bits per heavy atom. The highest BCUT2D eigenvalue weighted by Gasteiger charge is 2.46. The van der Waals surface area contributed by atoms with E-state index in [4.69, 9.17) is 0 Å². The van der Waals surface area contributed by atoms with Gasteiger partial charge in [0.05, 0.1) is 0 Å². The molecular weight excluding hydrogens is 146 g/mol. The second-order valence-corrected chi connectivity index (χ2v) is 4.74. The first-order valence-electron chi connectivity index (χ1n) is 5.50. The normalized spacial score (nSPS) is 47.5. The Kier molecular flexibility index (Phi) is 2.16. The Balaban J connectivity index is 2.20. The number of rotatable bonds is 1. The average molecular weight is 167 g/mol. The molecule has 0 amide bonds. The van der Waals surface area contributed by atoms with Gasteiger partial charge in [-0.3, -0.25) is 0 Å². The molecule has 2 fully saturated rings. The van der Waals surface area contributed by atoms with Crippen molar-refractivity contribution >= 4 is 0 Å². The van der Waals surface area contributed by atoms with E-state index in [1.54, 1.807) is 0 Å². The minimum atomic E-state index is 0.727. The van der Waals surface area contributed by atoms with Crippen LogP contribution in [0.25, 0.3) is 0 Å². The molecule has 0 aromatic carbocycles. The second-order valence-electron chi connectivity index (χ2n) is 4.74. The summed E-state index contributed by atoms with van der Waals surface area (Å²) < 4.78 is 0. The van der Waals surface area contributed by atoms with E-state index >= 15 is 0 Å². The molecule has 2 rings (SSSR count). The van der Waals surface area contributed by atoms with Crippen LogP contribution in [-0.2, 0) is 0 Å². The molecule has 1 saturated heterocycles. The molecule has 2 aliphatic rings. The predicted octanol–water partition coefficient (Wildman–Crippen LogP) is 2.42. The van der Waals surface area contributed by atoms with Gasteiger partial charge in [0.1, 0.15) is 0 Å². The quantitative estimate of drug-likeness (QED) is 0.632. The molecule has 0 bridgehead atoms. The SMILES string of the molecule is CCC12CCCC1CNCC2C. The molecule has 1 aliphatic heterocycles. The van der Waals surface area contributed by atoms with Gasteiger partial charge in [0.25, 0.3) is 0 Å². The molecule has 3 unspecified atom stereocenters. The van der Waals surface area contributed by atoms with Crippen molar-refractivity contribution in [3.8, 4) is 0 Å². The van der Waals surface area contributed by atoms with Crippen molar-refractivity contribution in [3.05, 3.63) is 0 Å². The van der Waals surface area contributed by atoms with Crippen LogP contribution in [0.15, 0.2) is 0 Å². The van der Waals surface area contributed by atoms with Crippen LogP contribution in [0.3, 0.4) is 0 Å². The third-order valence-electron chi connectivity index (χ3n) is 4.49. The molecule has 0 radical (unpaired) electrons. The van der Waals surface area contributed by atoms with Gasteiger partial charge in [-0.2, -0.15) is 0 Å². The lowest BCUT2D eigenvalue weighted by Crippen LogP contribution is -2.47. The summed E-state index contributed by atoms with van der Waals surface area (Å²) in [6, 6.07) is 0. The highest BCUT2D eigenvalue weighted by atomic mass is 14.9. The molecule has 1 aliphatic carbocycles. The van der Waals surface area contributed by atoms with Gasteiger partial charge in [0.2, 0.25) is 0 Å². The van der Waals surface area contributed by atoms with Gasteiger partial charge in [-0.15, -0.1) is 0 Å². The van der Waals surface area contributed by atoms with E-state index in [1.807, 2.05) is 0 Å². The van der Waals surface area contributed by atoms with Gasteiger partial charge in [0.15, 0.2) is 0 Å². The molecule has 1 heterocycles. The van der Waals surface area contributed by atoms with Crippen molar-refractivity contribution in [3.63, 3.8) is 0 Å². The molecule has 1 saturated carbocycles. The fraction of sp³-hybridized carbons (Fsp3) is 1.00. The highest BCUT2D eigenvalue weighted by Crippen LogP contribution is 2.52. The van der Waals surface area contributed by atoms with E-state index in [0.29, 0.717) is 0 Å². The number of nitrogens with one attached hydrogen (secondary N) is 1. The molecule has 0 aromatic heterocycles. The van der Waals surface area contributed by atoms with Crippen LogP contribution < -0.4 is 5.32 Å². The fourth-order valence-corrected chi connectivity index (χ4v) is 3.61. The van der Waals surface area contributed by atoms with Crippen molar-refractivity contribution in [2.24, 2.45) is 17.3 Å². The van der Waals surface area contributed by atoms with Gasteiger partial charge in [-0.1, -0.05) is 20.3 Å². The molecule has 12 heavy (non-hydrogen) atoms. The fourth-order valence-electron chi connectivity index (χ4n) is 3.61. The van der Waals surface area contributed by atoms with Crippen molar-refractivity contribution < 1.29 is 0 Å². The molecule has 1 heteroatoms. The van der Waals surface area contributed by atoms with Crippen LogP contribution in [0.2, 0.25) is 0 Å². The third-order valence-corrected chi connectivity index (χ3v) is 4.49. The lowest BCUT2D eigenvalue weighted by atomic mass is 9.65. The van der Waals surface area contributed by atoms with E-state index < -0.39 is 0 Å². The van der Waals surface area contributed by atoms with Crippen LogP contribution in [0.4, 0.5) is 0 Å². The minimum absolute atomic E-state index is 0.727. The summed E-state index contributed by atoms with van der Waals surface area (Å²) in [5, 5.41) is 3.57. The molecule has 1 N–H and O–H groups in total. The number of fused-ring (bicyclic) bond motifs is 1. The summed E-state index contributed by atoms with van der Waals surface area (Å²) in [6.07, 6.45) is 5.85. The van der Waals surface area contributed by atoms with Gasteiger partial charge in [-0.05, 0) is 49.6 Å².